The van der Waals surface area contributed by atoms with Gasteiger partial charge < -0.3 is 98.1 Å². The molecular formula is C50H86O23. The van der Waals surface area contributed by atoms with Crippen LogP contribution in [0.5, 0.6) is 0 Å². The van der Waals surface area contributed by atoms with Crippen molar-refractivity contribution in [3.8, 4) is 0 Å². The Kier molecular flexibility index (Phi) is 24.4. The van der Waals surface area contributed by atoms with Crippen LogP contribution in [0.15, 0.2) is 0 Å². The summed E-state index contributed by atoms with van der Waals surface area (Å²) in [5.41, 5.74) is 0. The first kappa shape index (κ1) is 61.6. The van der Waals surface area contributed by atoms with Crippen molar-refractivity contribution in [2.75, 3.05) is 6.61 Å². The number of aliphatic hydroxyl groups is 9. The predicted molar refractivity (Wildman–Crippen MR) is 251 cm³/mol. The number of hydrogen-bond donors (Lipinski definition) is 9. The van der Waals surface area contributed by atoms with E-state index in [-0.39, 0.29) is 12.5 Å². The van der Waals surface area contributed by atoms with Crippen LogP contribution in [0.3, 0.4) is 0 Å². The molecule has 23 nitrogen and oxygen atoms in total. The van der Waals surface area contributed by atoms with E-state index in [0.717, 1.165) is 51.4 Å². The lowest BCUT2D eigenvalue weighted by Gasteiger charge is -2.50. The van der Waals surface area contributed by atoms with E-state index in [1.807, 2.05) is 0 Å². The quantitative estimate of drug-likeness (QED) is 0.0690. The highest BCUT2D eigenvalue weighted by Gasteiger charge is 2.58. The number of esters is 3. The largest absolute Gasteiger partial charge is 0.456 e. The van der Waals surface area contributed by atoms with Gasteiger partial charge in [-0.2, -0.15) is 0 Å². The second kappa shape index (κ2) is 28.9. The van der Waals surface area contributed by atoms with Gasteiger partial charge in [-0.3, -0.25) is 14.4 Å². The molecule has 0 aromatic carbocycles. The molecule has 5 aliphatic heterocycles. The van der Waals surface area contributed by atoms with Gasteiger partial charge in [0.05, 0.1) is 55.1 Å². The number of rotatable bonds is 13. The zero-order chi connectivity index (χ0) is 53.8. The Hall–Kier alpha value is -2.27. The molecule has 0 spiro atoms. The topological polar surface area (TPSA) is 335 Å². The summed E-state index contributed by atoms with van der Waals surface area (Å²) in [5.74, 6) is -4.85. The second-order valence-electron chi connectivity index (χ2n) is 20.7. The third-order valence-corrected chi connectivity index (χ3v) is 14.8. The first-order chi connectivity index (χ1) is 34.6. The van der Waals surface area contributed by atoms with Gasteiger partial charge in [0.1, 0.15) is 61.0 Å². The summed E-state index contributed by atoms with van der Waals surface area (Å²) in [6.45, 7) is 11.2. The van der Waals surface area contributed by atoms with Crippen LogP contribution in [0.25, 0.3) is 0 Å². The summed E-state index contributed by atoms with van der Waals surface area (Å²) < 4.78 is 67.9. The molecule has 0 radical (unpaired) electrons. The van der Waals surface area contributed by atoms with Gasteiger partial charge in [-0.05, 0) is 67.7 Å². The van der Waals surface area contributed by atoms with Crippen LogP contribution < -0.4 is 0 Å². The third kappa shape index (κ3) is 16.2. The van der Waals surface area contributed by atoms with Gasteiger partial charge in [0.25, 0.3) is 0 Å². The van der Waals surface area contributed by atoms with Gasteiger partial charge in [0.2, 0.25) is 0 Å². The van der Waals surface area contributed by atoms with Crippen LogP contribution >= 0.6 is 0 Å². The van der Waals surface area contributed by atoms with Crippen molar-refractivity contribution in [2.45, 2.75) is 280 Å². The Labute approximate surface area is 427 Å². The molecule has 5 saturated heterocycles. The molecular weight excluding hydrogens is 969 g/mol. The highest BCUT2D eigenvalue weighted by atomic mass is 16.8. The van der Waals surface area contributed by atoms with Crippen molar-refractivity contribution >= 4 is 17.9 Å². The number of hydrogen-bond acceptors (Lipinski definition) is 23. The van der Waals surface area contributed by atoms with Crippen molar-refractivity contribution in [3.63, 3.8) is 0 Å². The molecule has 25 atom stereocenters. The van der Waals surface area contributed by atoms with Gasteiger partial charge in [-0.15, -0.1) is 0 Å². The summed E-state index contributed by atoms with van der Waals surface area (Å²) in [6, 6.07) is 0. The van der Waals surface area contributed by atoms with E-state index in [0.29, 0.717) is 25.7 Å². The lowest BCUT2D eigenvalue weighted by Crippen LogP contribution is -2.68. The maximum absolute atomic E-state index is 14.0. The number of unbranched alkanes of at least 4 members (excludes halogenated alkanes) is 2. The number of aliphatic hydroxyl groups excluding tert-OH is 9. The summed E-state index contributed by atoms with van der Waals surface area (Å²) in [5, 5.41) is 99.4. The predicted octanol–water partition coefficient (Wildman–Crippen LogP) is 0.518. The highest BCUT2D eigenvalue weighted by molar-refractivity contribution is 5.73. The van der Waals surface area contributed by atoms with E-state index in [2.05, 4.69) is 6.92 Å². The van der Waals surface area contributed by atoms with Gasteiger partial charge in [0.15, 0.2) is 43.5 Å². The third-order valence-electron chi connectivity index (χ3n) is 14.8. The van der Waals surface area contributed by atoms with Crippen molar-refractivity contribution in [1.29, 1.82) is 0 Å². The molecule has 23 heteroatoms. The highest BCUT2D eigenvalue weighted by Crippen LogP contribution is 2.38. The molecule has 5 fully saturated rings. The average Bonchev–Trinajstić information content (AvgIpc) is 3.34. The second-order valence-corrected chi connectivity index (χ2v) is 20.7. The lowest BCUT2D eigenvalue weighted by molar-refractivity contribution is -0.399. The zero-order valence-electron chi connectivity index (χ0n) is 43.6. The molecule has 5 heterocycles. The Morgan fingerprint density at radius 3 is 1.71 bits per heavy atom. The molecule has 0 aromatic rings. The Balaban J connectivity index is 1.55. The zero-order valence-corrected chi connectivity index (χ0v) is 43.6. The smallest absolute Gasteiger partial charge is 0.311 e. The molecule has 9 N–H and O–H groups in total. The van der Waals surface area contributed by atoms with Crippen molar-refractivity contribution < 1.29 is 112 Å². The van der Waals surface area contributed by atoms with E-state index in [1.54, 1.807) is 6.92 Å². The van der Waals surface area contributed by atoms with Crippen molar-refractivity contribution in [3.05, 3.63) is 0 Å². The number of ether oxygens (including phenoxy) is 11. The minimum atomic E-state index is -1.98. The molecule has 424 valence electrons. The normalized spacial score (nSPS) is 42.5. The van der Waals surface area contributed by atoms with Crippen molar-refractivity contribution in [2.24, 2.45) is 11.8 Å². The van der Waals surface area contributed by atoms with Crippen LogP contribution in [-0.2, 0) is 66.5 Å². The molecule has 0 unspecified atom stereocenters. The Morgan fingerprint density at radius 1 is 0.575 bits per heavy atom. The van der Waals surface area contributed by atoms with Crippen LogP contribution in [0, 0.1) is 11.8 Å². The SMILES string of the molecule is CCCCC[C@@H]1CCCCCCCCCC(=O)O[C@@H]2[C@@H](O[C@@H]3O[C@H](C)[C@@H](OC(=O)[C@@H](C)[C@H](C)O)[C@H](O)[C@H]3O)[C@H](C)O[C@@H](O[C@H]3[C@H](O[C@H]4[C@H](O1)O[C@H](C)[C@@H](O)[C@@H]4O)O[C@H](CO)[C@@H](O)[C@@H]3O)[C@@H]2OC(=O)[C@@H](C)[C@@H](C)O. The summed E-state index contributed by atoms with van der Waals surface area (Å²) in [6.07, 6.45) is -25.5. The average molecular weight is 1060 g/mol. The van der Waals surface area contributed by atoms with Gasteiger partial charge in [-0.25, -0.2) is 0 Å². The molecule has 0 amide bonds. The maximum Gasteiger partial charge on any atom is 0.311 e. The molecule has 0 aromatic heterocycles. The maximum atomic E-state index is 14.0. The minimum Gasteiger partial charge on any atom is -0.456 e. The fourth-order valence-corrected chi connectivity index (χ4v) is 9.55. The summed E-state index contributed by atoms with van der Waals surface area (Å²) >= 11 is 0. The first-order valence-electron chi connectivity index (χ1n) is 26.5. The van der Waals surface area contributed by atoms with E-state index in [9.17, 15) is 60.3 Å². The van der Waals surface area contributed by atoms with Gasteiger partial charge >= 0.3 is 17.9 Å². The summed E-state index contributed by atoms with van der Waals surface area (Å²) in [7, 11) is 0. The molecule has 0 aliphatic carbocycles. The van der Waals surface area contributed by atoms with E-state index >= 15 is 0 Å². The number of carbonyl (C=O) groups excluding carboxylic acids is 3. The molecule has 73 heavy (non-hydrogen) atoms. The van der Waals surface area contributed by atoms with E-state index in [4.69, 9.17) is 52.1 Å². The first-order valence-corrected chi connectivity index (χ1v) is 26.5. The van der Waals surface area contributed by atoms with Gasteiger partial charge in [0, 0.05) is 6.42 Å². The van der Waals surface area contributed by atoms with Crippen molar-refractivity contribution in [1.82, 2.24) is 0 Å². The Bertz CT molecular complexity index is 1670. The fraction of sp³-hybridized carbons (Fsp3) is 0.940. The van der Waals surface area contributed by atoms with E-state index in [1.165, 1.54) is 41.5 Å². The van der Waals surface area contributed by atoms with E-state index < -0.39 is 171 Å². The molecule has 5 aliphatic rings. The molecule has 0 saturated carbocycles. The molecule has 2 bridgehead atoms. The Morgan fingerprint density at radius 2 is 1.11 bits per heavy atom. The number of carbonyl (C=O) groups is 3. The van der Waals surface area contributed by atoms with Crippen LogP contribution in [0.1, 0.15) is 139 Å². The molecule has 5 rings (SSSR count). The summed E-state index contributed by atoms with van der Waals surface area (Å²) in [4.78, 5) is 40.7. The number of fused-ring (bicyclic) bond motifs is 4. The van der Waals surface area contributed by atoms with Crippen LogP contribution in [0.4, 0.5) is 0 Å². The van der Waals surface area contributed by atoms with Crippen LogP contribution in [0.2, 0.25) is 0 Å². The minimum absolute atomic E-state index is 0.0982. The van der Waals surface area contributed by atoms with Gasteiger partial charge in [-0.1, -0.05) is 64.7 Å². The fourth-order valence-electron chi connectivity index (χ4n) is 9.55. The monoisotopic (exact) mass is 1050 g/mol. The standard InChI is InChI=1S/C50H86O23/c1-9-10-16-19-30-20-17-14-12-11-13-15-18-21-32(54)68-43-40(71-47-38(60)37(59)39(28(7)64-47)69-45(61)23(2)25(4)52)29(8)65-50(44(43)70-46(62)24(3)26(5)53)73-42-36(58)34(56)31(22-51)67-49(42)72-41-35(57)33(55)27(6)63-48(41)66-30/h23-31,33-44,47-53,55-60H,9-22H2,1-8H3/t23-,24-,25-,26+,27+,28+,29-,30+,31+,33+,34+,35-,36-,37+,38+,39+,40-,41+,42+,43+,44+,47-,48-,49-,50-/m0/s1. The van der Waals surface area contributed by atoms with Crippen LogP contribution in [-0.4, -0.2) is 212 Å². The lowest BCUT2D eigenvalue weighted by atomic mass is 9.95.